The average molecular weight is 521 g/mol. The van der Waals surface area contributed by atoms with E-state index in [9.17, 15) is 0 Å². The smallest absolute Gasteiger partial charge is 0.146 e. The first kappa shape index (κ1) is 28.0. The molecule has 0 aliphatic rings. The van der Waals surface area contributed by atoms with Crippen molar-refractivity contribution in [3.63, 3.8) is 0 Å². The third-order valence-electron chi connectivity index (χ3n) is 5.94. The minimum atomic E-state index is 0. The number of fused-ring (bicyclic) bond motifs is 1. The molecule has 4 aromatic rings. The molecule has 182 valence electrons. The summed E-state index contributed by atoms with van der Waals surface area (Å²) in [4.78, 5) is 8.21. The van der Waals surface area contributed by atoms with Gasteiger partial charge in [0.2, 0.25) is 0 Å². The van der Waals surface area contributed by atoms with Crippen LogP contribution < -0.4 is 10.1 Å². The van der Waals surface area contributed by atoms with E-state index in [0.717, 1.165) is 48.4 Å². The minimum Gasteiger partial charge on any atom is -0.486 e. The molecule has 7 heteroatoms. The number of H-pyrrole nitrogens is 1. The normalized spacial score (nSPS) is 11.5. The van der Waals surface area contributed by atoms with Crippen molar-refractivity contribution in [1.29, 1.82) is 0 Å². The zero-order valence-corrected chi connectivity index (χ0v) is 21.9. The number of nitrogens with one attached hydrogen (secondary N) is 2. The van der Waals surface area contributed by atoms with E-state index in [1.165, 1.54) is 16.7 Å². The SMILES string of the molecule is CNCC(CCc1ccc2[nH]c(COc3ccc(Cl)cc3)nc2c1C)Cc1ccccc1.Cl.Cl. The van der Waals surface area contributed by atoms with Gasteiger partial charge in [-0.15, -0.1) is 24.8 Å². The Morgan fingerprint density at radius 2 is 1.74 bits per heavy atom. The molecule has 4 nitrogen and oxygen atoms in total. The number of imidazole rings is 1. The zero-order chi connectivity index (χ0) is 22.3. The van der Waals surface area contributed by atoms with E-state index in [0.29, 0.717) is 17.5 Å². The Bertz CT molecular complexity index is 1150. The molecule has 0 saturated carbocycles. The van der Waals surface area contributed by atoms with Crippen molar-refractivity contribution in [2.24, 2.45) is 5.92 Å². The topological polar surface area (TPSA) is 49.9 Å². The van der Waals surface area contributed by atoms with Crippen molar-refractivity contribution >= 4 is 47.4 Å². The highest BCUT2D eigenvalue weighted by atomic mass is 35.5. The molecular formula is C27H32Cl3N3O. The quantitative estimate of drug-likeness (QED) is 0.238. The largest absolute Gasteiger partial charge is 0.486 e. The number of aryl methyl sites for hydroxylation is 2. The van der Waals surface area contributed by atoms with Crippen LogP contribution in [0.15, 0.2) is 66.7 Å². The highest BCUT2D eigenvalue weighted by molar-refractivity contribution is 6.30. The second-order valence-electron chi connectivity index (χ2n) is 8.32. The number of aromatic amines is 1. The second-order valence-corrected chi connectivity index (χ2v) is 8.76. The van der Waals surface area contributed by atoms with E-state index in [2.05, 4.69) is 59.7 Å². The number of benzene rings is 3. The van der Waals surface area contributed by atoms with Crippen LogP contribution in [0.1, 0.15) is 28.9 Å². The number of hydrogen-bond donors (Lipinski definition) is 2. The summed E-state index contributed by atoms with van der Waals surface area (Å²) >= 11 is 5.94. The van der Waals surface area contributed by atoms with Crippen molar-refractivity contribution in [2.75, 3.05) is 13.6 Å². The Labute approximate surface area is 219 Å². The third-order valence-corrected chi connectivity index (χ3v) is 6.19. The standard InChI is InChI=1S/C27H30ClN3O.2ClH/c1-19-22(9-8-21(17-29-2)16-20-6-4-3-5-7-20)10-15-25-27(19)31-26(30-25)18-32-24-13-11-23(28)12-14-24;;/h3-7,10-15,21,29H,8-9,16-18H2,1-2H3,(H,30,31);2*1H. The number of halogens is 3. The lowest BCUT2D eigenvalue weighted by atomic mass is 9.91. The van der Waals surface area contributed by atoms with E-state index in [1.54, 1.807) is 0 Å². The van der Waals surface area contributed by atoms with Gasteiger partial charge in [0.05, 0.1) is 11.0 Å². The first-order valence-corrected chi connectivity index (χ1v) is 11.5. The molecule has 1 unspecified atom stereocenters. The van der Waals surface area contributed by atoms with Crippen LogP contribution in [0, 0.1) is 12.8 Å². The van der Waals surface area contributed by atoms with Gasteiger partial charge in [0.25, 0.3) is 0 Å². The van der Waals surface area contributed by atoms with Gasteiger partial charge in [0, 0.05) is 5.02 Å². The maximum absolute atomic E-state index is 5.94. The number of nitrogens with zero attached hydrogens (tertiary/aromatic N) is 1. The van der Waals surface area contributed by atoms with Gasteiger partial charge in [0.1, 0.15) is 18.2 Å². The Morgan fingerprint density at radius 1 is 1.00 bits per heavy atom. The summed E-state index contributed by atoms with van der Waals surface area (Å²) in [7, 11) is 2.03. The molecule has 0 aliphatic heterocycles. The first-order valence-electron chi connectivity index (χ1n) is 11.2. The molecule has 0 amide bonds. The van der Waals surface area contributed by atoms with Crippen molar-refractivity contribution in [3.8, 4) is 5.75 Å². The molecule has 1 heterocycles. The average Bonchev–Trinajstić information content (AvgIpc) is 3.23. The van der Waals surface area contributed by atoms with Gasteiger partial charge >= 0.3 is 0 Å². The fourth-order valence-corrected chi connectivity index (χ4v) is 4.32. The van der Waals surface area contributed by atoms with Crippen LogP contribution in [-0.4, -0.2) is 23.6 Å². The van der Waals surface area contributed by atoms with Crippen LogP contribution in [0.2, 0.25) is 5.02 Å². The maximum Gasteiger partial charge on any atom is 0.146 e. The molecule has 4 rings (SSSR count). The molecule has 0 fully saturated rings. The monoisotopic (exact) mass is 519 g/mol. The lowest BCUT2D eigenvalue weighted by Gasteiger charge is -2.17. The second kappa shape index (κ2) is 13.6. The summed E-state index contributed by atoms with van der Waals surface area (Å²) in [6.45, 7) is 3.59. The van der Waals surface area contributed by atoms with Crippen LogP contribution >= 0.6 is 36.4 Å². The van der Waals surface area contributed by atoms with E-state index < -0.39 is 0 Å². The molecule has 2 N–H and O–H groups in total. The predicted molar refractivity (Wildman–Crippen MR) is 147 cm³/mol. The third kappa shape index (κ3) is 7.38. The van der Waals surface area contributed by atoms with Gasteiger partial charge in [-0.2, -0.15) is 0 Å². The maximum atomic E-state index is 5.94. The van der Waals surface area contributed by atoms with E-state index in [1.807, 2.05) is 31.3 Å². The highest BCUT2D eigenvalue weighted by Gasteiger charge is 2.13. The Balaban J connectivity index is 0.00000204. The summed E-state index contributed by atoms with van der Waals surface area (Å²) in [5.41, 5.74) is 6.10. The lowest BCUT2D eigenvalue weighted by Crippen LogP contribution is -2.21. The molecule has 0 aliphatic carbocycles. The number of aromatic nitrogens is 2. The lowest BCUT2D eigenvalue weighted by molar-refractivity contribution is 0.297. The Hall–Kier alpha value is -2.24. The highest BCUT2D eigenvalue weighted by Crippen LogP contribution is 2.24. The molecule has 0 bridgehead atoms. The van der Waals surface area contributed by atoms with Crippen LogP contribution in [0.3, 0.4) is 0 Å². The first-order chi connectivity index (χ1) is 15.6. The van der Waals surface area contributed by atoms with Crippen LogP contribution in [0.5, 0.6) is 5.75 Å². The predicted octanol–water partition coefficient (Wildman–Crippen LogP) is 6.96. The molecule has 0 radical (unpaired) electrons. The van der Waals surface area contributed by atoms with Gasteiger partial charge in [-0.05, 0) is 92.7 Å². The molecule has 1 atom stereocenters. The van der Waals surface area contributed by atoms with Crippen LogP contribution in [-0.2, 0) is 19.4 Å². The summed E-state index contributed by atoms with van der Waals surface area (Å²) in [5, 5.41) is 4.06. The van der Waals surface area contributed by atoms with E-state index in [4.69, 9.17) is 21.3 Å². The fourth-order valence-electron chi connectivity index (χ4n) is 4.20. The summed E-state index contributed by atoms with van der Waals surface area (Å²) in [6.07, 6.45) is 3.28. The van der Waals surface area contributed by atoms with Crippen molar-refractivity contribution in [3.05, 3.63) is 94.3 Å². The van der Waals surface area contributed by atoms with E-state index >= 15 is 0 Å². The minimum absolute atomic E-state index is 0. The van der Waals surface area contributed by atoms with Crippen molar-refractivity contribution < 1.29 is 4.74 Å². The zero-order valence-electron chi connectivity index (χ0n) is 19.5. The fraction of sp³-hybridized carbons (Fsp3) is 0.296. The van der Waals surface area contributed by atoms with Gasteiger partial charge in [-0.1, -0.05) is 48.0 Å². The molecule has 0 spiro atoms. The molecule has 0 saturated heterocycles. The molecule has 1 aromatic heterocycles. The number of rotatable bonds is 10. The van der Waals surface area contributed by atoms with Gasteiger partial charge in [0.15, 0.2) is 0 Å². The molecule has 34 heavy (non-hydrogen) atoms. The molecule has 3 aromatic carbocycles. The van der Waals surface area contributed by atoms with Crippen molar-refractivity contribution in [1.82, 2.24) is 15.3 Å². The van der Waals surface area contributed by atoms with Gasteiger partial charge < -0.3 is 15.0 Å². The molecular weight excluding hydrogens is 489 g/mol. The van der Waals surface area contributed by atoms with Gasteiger partial charge in [-0.3, -0.25) is 0 Å². The summed E-state index contributed by atoms with van der Waals surface area (Å²) in [6, 6.07) is 22.5. The summed E-state index contributed by atoms with van der Waals surface area (Å²) in [5.74, 6) is 2.20. The number of hydrogen-bond acceptors (Lipinski definition) is 3. The van der Waals surface area contributed by atoms with Crippen LogP contribution in [0.25, 0.3) is 11.0 Å². The van der Waals surface area contributed by atoms with Gasteiger partial charge in [-0.25, -0.2) is 4.98 Å². The Kier molecular flexibility index (Phi) is 11.2. The Morgan fingerprint density at radius 3 is 2.44 bits per heavy atom. The summed E-state index contributed by atoms with van der Waals surface area (Å²) < 4.78 is 5.85. The number of ether oxygens (including phenoxy) is 1. The van der Waals surface area contributed by atoms with Crippen LogP contribution in [0.4, 0.5) is 0 Å². The van der Waals surface area contributed by atoms with E-state index in [-0.39, 0.29) is 24.8 Å². The van der Waals surface area contributed by atoms with Crippen molar-refractivity contribution in [2.45, 2.75) is 32.8 Å².